The number of nitrogens with two attached hydrogens (primary N) is 1. The summed E-state index contributed by atoms with van der Waals surface area (Å²) in [5, 5.41) is 0.0269. The average molecular weight is 329 g/mol. The van der Waals surface area contributed by atoms with Gasteiger partial charge in [-0.2, -0.15) is 4.31 Å². The first-order chi connectivity index (χ1) is 8.46. The molecule has 0 bridgehead atoms. The topological polar surface area (TPSA) is 63.4 Å². The molecule has 1 aliphatic heterocycles. The lowest BCUT2D eigenvalue weighted by molar-refractivity contribution is 0.393. The van der Waals surface area contributed by atoms with Gasteiger partial charge in [0.25, 0.3) is 0 Å². The van der Waals surface area contributed by atoms with Gasteiger partial charge in [0.15, 0.2) is 0 Å². The first-order valence-electron chi connectivity index (χ1n) is 5.64. The van der Waals surface area contributed by atoms with Crippen molar-refractivity contribution in [1.29, 1.82) is 0 Å². The van der Waals surface area contributed by atoms with Crippen LogP contribution in [0.15, 0.2) is 23.1 Å². The fourth-order valence-electron chi connectivity index (χ4n) is 2.16. The largest absolute Gasteiger partial charge is 0.329 e. The van der Waals surface area contributed by atoms with Crippen molar-refractivity contribution < 1.29 is 12.8 Å². The lowest BCUT2D eigenvalue weighted by Gasteiger charge is -2.23. The summed E-state index contributed by atoms with van der Waals surface area (Å²) in [6, 6.07) is 3.10. The van der Waals surface area contributed by atoms with Gasteiger partial charge >= 0.3 is 0 Å². The van der Waals surface area contributed by atoms with Crippen LogP contribution in [0.1, 0.15) is 12.8 Å². The third-order valence-corrected chi connectivity index (χ3v) is 5.51. The molecule has 1 unspecified atom stereocenters. The second-order valence-corrected chi connectivity index (χ2v) is 6.49. The molecule has 1 atom stereocenters. The average Bonchev–Trinajstić information content (AvgIpc) is 2.81. The summed E-state index contributed by atoms with van der Waals surface area (Å²) in [6.07, 6.45) is 1.48. The lowest BCUT2D eigenvalue weighted by atomic mass is 10.2. The zero-order valence-electron chi connectivity index (χ0n) is 10.1. The highest BCUT2D eigenvalue weighted by atomic mass is 35.5. The number of hydrogen-bond donors (Lipinski definition) is 1. The molecule has 1 aromatic rings. The molecule has 1 heterocycles. The highest BCUT2D eigenvalue weighted by molar-refractivity contribution is 7.89. The van der Waals surface area contributed by atoms with Crippen LogP contribution in [0, 0.1) is 5.82 Å². The monoisotopic (exact) mass is 328 g/mol. The maximum absolute atomic E-state index is 13.2. The van der Waals surface area contributed by atoms with Crippen molar-refractivity contribution in [2.45, 2.75) is 23.8 Å². The molecule has 2 N–H and O–H groups in total. The minimum absolute atomic E-state index is 0. The summed E-state index contributed by atoms with van der Waals surface area (Å²) in [6.45, 7) is 0.656. The van der Waals surface area contributed by atoms with Gasteiger partial charge < -0.3 is 5.73 Å². The third kappa shape index (κ3) is 3.20. The van der Waals surface area contributed by atoms with Crippen LogP contribution in [-0.2, 0) is 10.0 Å². The fraction of sp³-hybridized carbons (Fsp3) is 0.455. The molecule has 19 heavy (non-hydrogen) atoms. The zero-order chi connectivity index (χ0) is 13.3. The van der Waals surface area contributed by atoms with E-state index < -0.39 is 15.8 Å². The molecule has 108 valence electrons. The van der Waals surface area contributed by atoms with Crippen molar-refractivity contribution >= 4 is 34.0 Å². The predicted molar refractivity (Wildman–Crippen MR) is 74.6 cm³/mol. The van der Waals surface area contributed by atoms with E-state index in [0.29, 0.717) is 6.54 Å². The van der Waals surface area contributed by atoms with Gasteiger partial charge in [0.2, 0.25) is 10.0 Å². The van der Waals surface area contributed by atoms with E-state index in [1.807, 2.05) is 0 Å². The van der Waals surface area contributed by atoms with Gasteiger partial charge in [-0.1, -0.05) is 11.6 Å². The molecule has 1 fully saturated rings. The van der Waals surface area contributed by atoms with E-state index in [1.54, 1.807) is 0 Å². The van der Waals surface area contributed by atoms with Crippen LogP contribution in [0.4, 0.5) is 4.39 Å². The molecule has 0 radical (unpaired) electrons. The Labute approximate surface area is 123 Å². The molecule has 1 aromatic carbocycles. The Morgan fingerprint density at radius 1 is 1.47 bits per heavy atom. The van der Waals surface area contributed by atoms with Gasteiger partial charge in [-0.15, -0.1) is 12.4 Å². The van der Waals surface area contributed by atoms with Crippen LogP contribution in [0.5, 0.6) is 0 Å². The van der Waals surface area contributed by atoms with Crippen molar-refractivity contribution in [2.24, 2.45) is 5.73 Å². The minimum Gasteiger partial charge on any atom is -0.329 e. The van der Waals surface area contributed by atoms with E-state index in [1.165, 1.54) is 10.4 Å². The van der Waals surface area contributed by atoms with Crippen molar-refractivity contribution in [2.75, 3.05) is 13.1 Å². The van der Waals surface area contributed by atoms with Gasteiger partial charge in [0.05, 0.1) is 5.02 Å². The van der Waals surface area contributed by atoms with Crippen LogP contribution >= 0.6 is 24.0 Å². The maximum Gasteiger partial charge on any atom is 0.244 e. The standard InChI is InChI=1S/C11H14ClFN2O2S.ClH/c12-10-4-3-8(13)6-11(10)18(16,17)15-5-1-2-9(15)7-14;/h3-4,6,9H,1-2,5,7,14H2;1H. The van der Waals surface area contributed by atoms with E-state index in [9.17, 15) is 12.8 Å². The number of nitrogens with zero attached hydrogens (tertiary/aromatic N) is 1. The molecule has 8 heteroatoms. The Balaban J connectivity index is 0.00000180. The van der Waals surface area contributed by atoms with Crippen LogP contribution in [0.25, 0.3) is 0 Å². The number of halogens is 3. The van der Waals surface area contributed by atoms with Gasteiger partial charge in [-0.25, -0.2) is 12.8 Å². The van der Waals surface area contributed by atoms with Crippen LogP contribution in [-0.4, -0.2) is 31.9 Å². The van der Waals surface area contributed by atoms with Gasteiger partial charge in [-0.05, 0) is 31.0 Å². The zero-order valence-corrected chi connectivity index (χ0v) is 12.4. The molecular formula is C11H15Cl2FN2O2S. The second-order valence-electron chi connectivity index (χ2n) is 4.22. The Morgan fingerprint density at radius 2 is 2.16 bits per heavy atom. The van der Waals surface area contributed by atoms with Crippen molar-refractivity contribution in [3.63, 3.8) is 0 Å². The summed E-state index contributed by atoms with van der Waals surface area (Å²) < 4.78 is 39.3. The van der Waals surface area contributed by atoms with E-state index >= 15 is 0 Å². The smallest absolute Gasteiger partial charge is 0.244 e. The van der Waals surface area contributed by atoms with Gasteiger partial charge in [-0.3, -0.25) is 0 Å². The minimum atomic E-state index is -3.77. The molecule has 4 nitrogen and oxygen atoms in total. The molecule has 1 aliphatic rings. The van der Waals surface area contributed by atoms with Crippen molar-refractivity contribution in [1.82, 2.24) is 4.31 Å². The highest BCUT2D eigenvalue weighted by Crippen LogP contribution is 2.30. The molecule has 0 aromatic heterocycles. The van der Waals surface area contributed by atoms with E-state index in [0.717, 1.165) is 25.0 Å². The van der Waals surface area contributed by atoms with Crippen LogP contribution in [0.3, 0.4) is 0 Å². The normalized spacial score (nSPS) is 20.3. The van der Waals surface area contributed by atoms with Crippen LogP contribution < -0.4 is 5.73 Å². The van der Waals surface area contributed by atoms with Crippen molar-refractivity contribution in [3.05, 3.63) is 29.0 Å². The van der Waals surface area contributed by atoms with E-state index in [2.05, 4.69) is 0 Å². The summed E-state index contributed by atoms with van der Waals surface area (Å²) in [7, 11) is -3.77. The Hall–Kier alpha value is -0.400. The number of sulfonamides is 1. The highest BCUT2D eigenvalue weighted by Gasteiger charge is 2.35. The Kier molecular flexibility index (Phi) is 5.58. The van der Waals surface area contributed by atoms with Gasteiger partial charge in [0, 0.05) is 19.1 Å². The molecule has 0 aliphatic carbocycles. The SMILES string of the molecule is Cl.NCC1CCCN1S(=O)(=O)c1cc(F)ccc1Cl. The first kappa shape index (κ1) is 16.7. The second kappa shape index (κ2) is 6.37. The van der Waals surface area contributed by atoms with E-state index in [-0.39, 0.29) is 34.9 Å². The van der Waals surface area contributed by atoms with E-state index in [4.69, 9.17) is 17.3 Å². The summed E-state index contributed by atoms with van der Waals surface area (Å²) in [5.41, 5.74) is 5.55. The number of hydrogen-bond acceptors (Lipinski definition) is 3. The fourth-order valence-corrected chi connectivity index (χ4v) is 4.35. The Morgan fingerprint density at radius 3 is 2.79 bits per heavy atom. The first-order valence-corrected chi connectivity index (χ1v) is 7.45. The number of rotatable bonds is 3. The summed E-state index contributed by atoms with van der Waals surface area (Å²) >= 11 is 5.85. The Bertz CT molecular complexity index is 554. The molecule has 2 rings (SSSR count). The predicted octanol–water partition coefficient (Wildman–Crippen LogP) is 2.01. The summed E-state index contributed by atoms with van der Waals surface area (Å²) in [5.74, 6) is -0.624. The number of benzene rings is 1. The molecule has 0 spiro atoms. The van der Waals surface area contributed by atoms with Crippen molar-refractivity contribution in [3.8, 4) is 0 Å². The van der Waals surface area contributed by atoms with Gasteiger partial charge in [0.1, 0.15) is 10.7 Å². The van der Waals surface area contributed by atoms with Crippen LogP contribution in [0.2, 0.25) is 5.02 Å². The quantitative estimate of drug-likeness (QED) is 0.923. The molecule has 0 amide bonds. The molecule has 0 saturated carbocycles. The maximum atomic E-state index is 13.2. The molecular weight excluding hydrogens is 314 g/mol. The third-order valence-electron chi connectivity index (χ3n) is 3.08. The summed E-state index contributed by atoms with van der Waals surface area (Å²) in [4.78, 5) is -0.190. The lowest BCUT2D eigenvalue weighted by Crippen LogP contribution is -2.39. The molecule has 1 saturated heterocycles.